The van der Waals surface area contributed by atoms with Gasteiger partial charge in [-0.2, -0.15) is 0 Å². The first-order valence-corrected chi connectivity index (χ1v) is 6.25. The van der Waals surface area contributed by atoms with Crippen molar-refractivity contribution in [3.63, 3.8) is 0 Å². The van der Waals surface area contributed by atoms with Crippen molar-refractivity contribution in [1.29, 1.82) is 0 Å². The Morgan fingerprint density at radius 3 is 2.65 bits per heavy atom. The molecule has 0 aliphatic carbocycles. The molecule has 1 aromatic heterocycles. The third-order valence-corrected chi connectivity index (χ3v) is 3.10. The Morgan fingerprint density at radius 1 is 1.35 bits per heavy atom. The average Bonchev–Trinajstić information content (AvgIpc) is 2.38. The van der Waals surface area contributed by atoms with Crippen molar-refractivity contribution >= 4 is 17.5 Å². The maximum Gasteiger partial charge on any atom is 0.225 e. The van der Waals surface area contributed by atoms with E-state index in [1.54, 1.807) is 12.4 Å². The molecule has 2 rings (SSSR count). The molecule has 94 valence electrons. The van der Waals surface area contributed by atoms with Gasteiger partial charge in [-0.15, -0.1) is 0 Å². The number of likely N-dealkylation sites (N-methyl/N-ethyl adjacent to an activating group) is 1. The molecule has 2 heterocycles. The summed E-state index contributed by atoms with van der Waals surface area (Å²) >= 11 is 5.76. The largest absolute Gasteiger partial charge is 0.343 e. The monoisotopic (exact) mass is 255 g/mol. The molecule has 1 aliphatic heterocycles. The van der Waals surface area contributed by atoms with Crippen molar-refractivity contribution in [2.75, 3.05) is 51.2 Å². The van der Waals surface area contributed by atoms with Gasteiger partial charge in [-0.25, -0.2) is 9.97 Å². The molecule has 5 nitrogen and oxygen atoms in total. The highest BCUT2D eigenvalue weighted by atomic mass is 35.5. The summed E-state index contributed by atoms with van der Waals surface area (Å²) in [5, 5.41) is 3.92. The van der Waals surface area contributed by atoms with Crippen molar-refractivity contribution in [3.05, 3.63) is 17.4 Å². The lowest BCUT2D eigenvalue weighted by Crippen LogP contribution is -2.46. The maximum absolute atomic E-state index is 5.76. The zero-order valence-electron chi connectivity index (χ0n) is 10.1. The van der Waals surface area contributed by atoms with Crippen LogP contribution in [0.15, 0.2) is 12.4 Å². The molecule has 0 unspecified atom stereocenters. The third kappa shape index (κ3) is 3.80. The summed E-state index contributed by atoms with van der Waals surface area (Å²) in [6.45, 7) is 6.39. The maximum atomic E-state index is 5.76. The van der Waals surface area contributed by atoms with E-state index in [-0.39, 0.29) is 0 Å². The standard InChI is InChI=1S/C11H18ClN5/c1-16(11-14-8-10(12)9-15-11)6-7-17-4-2-13-3-5-17/h8-9,13H,2-7H2,1H3. The average molecular weight is 256 g/mol. The molecule has 0 spiro atoms. The molecule has 0 saturated carbocycles. The number of aromatic nitrogens is 2. The first kappa shape index (κ1) is 12.5. The van der Waals surface area contributed by atoms with Crippen LogP contribution in [0.25, 0.3) is 0 Å². The number of hydrogen-bond acceptors (Lipinski definition) is 5. The minimum atomic E-state index is 0.573. The number of rotatable bonds is 4. The van der Waals surface area contributed by atoms with Gasteiger partial charge in [0.15, 0.2) is 0 Å². The van der Waals surface area contributed by atoms with Gasteiger partial charge in [-0.3, -0.25) is 4.90 Å². The minimum absolute atomic E-state index is 0.573. The lowest BCUT2D eigenvalue weighted by Gasteiger charge is -2.29. The van der Waals surface area contributed by atoms with Crippen LogP contribution in [0.3, 0.4) is 0 Å². The fourth-order valence-electron chi connectivity index (χ4n) is 1.83. The van der Waals surface area contributed by atoms with Gasteiger partial charge in [0.1, 0.15) is 0 Å². The van der Waals surface area contributed by atoms with Gasteiger partial charge < -0.3 is 10.2 Å². The van der Waals surface area contributed by atoms with Gasteiger partial charge in [0.05, 0.1) is 17.4 Å². The highest BCUT2D eigenvalue weighted by molar-refractivity contribution is 6.30. The van der Waals surface area contributed by atoms with E-state index in [9.17, 15) is 0 Å². The van der Waals surface area contributed by atoms with Crippen molar-refractivity contribution in [2.24, 2.45) is 0 Å². The highest BCUT2D eigenvalue weighted by Crippen LogP contribution is 2.08. The number of nitrogens with zero attached hydrogens (tertiary/aromatic N) is 4. The van der Waals surface area contributed by atoms with E-state index >= 15 is 0 Å². The summed E-state index contributed by atoms with van der Waals surface area (Å²) in [6.07, 6.45) is 3.26. The smallest absolute Gasteiger partial charge is 0.225 e. The number of hydrogen-bond donors (Lipinski definition) is 1. The predicted molar refractivity (Wildman–Crippen MR) is 69.6 cm³/mol. The Balaban J connectivity index is 1.80. The van der Waals surface area contributed by atoms with Crippen LogP contribution in [0.5, 0.6) is 0 Å². The quantitative estimate of drug-likeness (QED) is 0.848. The van der Waals surface area contributed by atoms with E-state index < -0.39 is 0 Å². The fraction of sp³-hybridized carbons (Fsp3) is 0.636. The van der Waals surface area contributed by atoms with E-state index in [0.717, 1.165) is 45.2 Å². The van der Waals surface area contributed by atoms with Crippen molar-refractivity contribution < 1.29 is 0 Å². The number of nitrogens with one attached hydrogen (secondary N) is 1. The Kier molecular flexibility index (Phi) is 4.53. The zero-order chi connectivity index (χ0) is 12.1. The summed E-state index contributed by atoms with van der Waals surface area (Å²) < 4.78 is 0. The fourth-order valence-corrected chi connectivity index (χ4v) is 1.93. The molecule has 0 radical (unpaired) electrons. The first-order valence-electron chi connectivity index (χ1n) is 5.87. The number of halogens is 1. The molecular formula is C11H18ClN5. The van der Waals surface area contributed by atoms with Crippen LogP contribution in [0, 0.1) is 0 Å². The van der Waals surface area contributed by atoms with E-state index in [4.69, 9.17) is 11.6 Å². The van der Waals surface area contributed by atoms with Gasteiger partial charge in [0.2, 0.25) is 5.95 Å². The van der Waals surface area contributed by atoms with Gasteiger partial charge >= 0.3 is 0 Å². The van der Waals surface area contributed by atoms with Crippen LogP contribution in [-0.4, -0.2) is 61.2 Å². The number of anilines is 1. The molecule has 0 bridgehead atoms. The normalized spacial score (nSPS) is 17.1. The molecule has 1 N–H and O–H groups in total. The van der Waals surface area contributed by atoms with Crippen LogP contribution in [0.1, 0.15) is 0 Å². The van der Waals surface area contributed by atoms with Crippen LogP contribution in [0.2, 0.25) is 5.02 Å². The Bertz CT molecular complexity index is 336. The van der Waals surface area contributed by atoms with E-state index in [0.29, 0.717) is 5.02 Å². The first-order chi connectivity index (χ1) is 8.25. The summed E-state index contributed by atoms with van der Waals surface area (Å²) in [7, 11) is 2.01. The molecule has 1 aliphatic rings. The topological polar surface area (TPSA) is 44.3 Å². The third-order valence-electron chi connectivity index (χ3n) is 2.91. The Labute approximate surface area is 107 Å². The minimum Gasteiger partial charge on any atom is -0.343 e. The summed E-state index contributed by atoms with van der Waals surface area (Å²) in [6, 6.07) is 0. The molecule has 0 atom stereocenters. The zero-order valence-corrected chi connectivity index (χ0v) is 10.8. The van der Waals surface area contributed by atoms with Crippen molar-refractivity contribution in [1.82, 2.24) is 20.2 Å². The van der Waals surface area contributed by atoms with Crippen molar-refractivity contribution in [2.45, 2.75) is 0 Å². The molecule has 1 fully saturated rings. The summed E-state index contributed by atoms with van der Waals surface area (Å²) in [4.78, 5) is 12.9. The molecule has 0 aromatic carbocycles. The van der Waals surface area contributed by atoms with E-state index in [2.05, 4.69) is 25.1 Å². The van der Waals surface area contributed by atoms with Gasteiger partial charge in [-0.05, 0) is 0 Å². The lowest BCUT2D eigenvalue weighted by atomic mass is 10.3. The van der Waals surface area contributed by atoms with Crippen molar-refractivity contribution in [3.8, 4) is 0 Å². The Hall–Kier alpha value is -0.910. The van der Waals surface area contributed by atoms with Crippen LogP contribution < -0.4 is 10.2 Å². The summed E-state index contributed by atoms with van der Waals surface area (Å²) in [5.41, 5.74) is 0. The van der Waals surface area contributed by atoms with E-state index in [1.807, 2.05) is 7.05 Å². The molecule has 1 aromatic rings. The van der Waals surface area contributed by atoms with E-state index in [1.165, 1.54) is 0 Å². The lowest BCUT2D eigenvalue weighted by molar-refractivity contribution is 0.246. The molecule has 0 amide bonds. The van der Waals surface area contributed by atoms with Crippen LogP contribution in [0.4, 0.5) is 5.95 Å². The number of piperazine rings is 1. The predicted octanol–water partition coefficient (Wildman–Crippen LogP) is 0.471. The molecule has 1 saturated heterocycles. The molecule has 17 heavy (non-hydrogen) atoms. The second kappa shape index (κ2) is 6.14. The molecular weight excluding hydrogens is 238 g/mol. The highest BCUT2D eigenvalue weighted by Gasteiger charge is 2.11. The van der Waals surface area contributed by atoms with Gasteiger partial charge in [0.25, 0.3) is 0 Å². The van der Waals surface area contributed by atoms with Crippen LogP contribution >= 0.6 is 11.6 Å². The van der Waals surface area contributed by atoms with Gasteiger partial charge in [-0.1, -0.05) is 11.6 Å². The SMILES string of the molecule is CN(CCN1CCNCC1)c1ncc(Cl)cn1. The summed E-state index contributed by atoms with van der Waals surface area (Å²) in [5.74, 6) is 0.726. The second-order valence-corrected chi connectivity index (χ2v) is 4.65. The second-order valence-electron chi connectivity index (χ2n) is 4.21. The van der Waals surface area contributed by atoms with Crippen LogP contribution in [-0.2, 0) is 0 Å². The Morgan fingerprint density at radius 2 is 2.00 bits per heavy atom. The molecule has 6 heteroatoms. The van der Waals surface area contributed by atoms with Gasteiger partial charge in [0, 0.05) is 46.3 Å².